The first-order valence-corrected chi connectivity index (χ1v) is 7.07. The van der Waals surface area contributed by atoms with Crippen LogP contribution in [0.15, 0.2) is 35.7 Å². The van der Waals surface area contributed by atoms with Crippen LogP contribution in [0.25, 0.3) is 0 Å². The molecule has 0 radical (unpaired) electrons. The molecule has 0 saturated carbocycles. The molecule has 1 aromatic heterocycles. The van der Waals surface area contributed by atoms with Crippen LogP contribution < -0.4 is 10.6 Å². The van der Waals surface area contributed by atoms with Crippen molar-refractivity contribution in [3.8, 4) is 0 Å². The molecule has 2 aromatic rings. The number of anilines is 1. The first-order chi connectivity index (χ1) is 9.15. The summed E-state index contributed by atoms with van der Waals surface area (Å²) in [6.45, 7) is 4.66. The maximum Gasteiger partial charge on any atom is 0.319 e. The summed E-state index contributed by atoms with van der Waals surface area (Å²) in [6.07, 6.45) is 0. The molecular weight excluding hydrogens is 258 g/mol. The van der Waals surface area contributed by atoms with Gasteiger partial charge in [0.2, 0.25) is 0 Å². The number of benzene rings is 1. The molecule has 2 amide bonds. The van der Waals surface area contributed by atoms with Gasteiger partial charge in [0.15, 0.2) is 0 Å². The van der Waals surface area contributed by atoms with Crippen molar-refractivity contribution in [1.29, 1.82) is 0 Å². The van der Waals surface area contributed by atoms with Gasteiger partial charge in [-0.3, -0.25) is 0 Å². The summed E-state index contributed by atoms with van der Waals surface area (Å²) >= 11 is 1.63. The van der Waals surface area contributed by atoms with E-state index in [1.807, 2.05) is 35.7 Å². The standard InChI is InChI=1S/C14H17N3OS/c1-10(2)13-16-12(9-19-13)8-15-14(18)17-11-6-4-3-5-7-11/h3-7,9-10H,8H2,1-2H3,(H2,15,17,18). The summed E-state index contributed by atoms with van der Waals surface area (Å²) in [6, 6.07) is 9.14. The molecule has 0 aliphatic carbocycles. The van der Waals surface area contributed by atoms with E-state index >= 15 is 0 Å². The van der Waals surface area contributed by atoms with E-state index in [4.69, 9.17) is 0 Å². The van der Waals surface area contributed by atoms with E-state index in [9.17, 15) is 4.79 Å². The zero-order chi connectivity index (χ0) is 13.7. The molecule has 0 bridgehead atoms. The number of aromatic nitrogens is 1. The highest BCUT2D eigenvalue weighted by Crippen LogP contribution is 2.18. The Morgan fingerprint density at radius 2 is 2.05 bits per heavy atom. The van der Waals surface area contributed by atoms with Crippen molar-refractivity contribution < 1.29 is 4.79 Å². The van der Waals surface area contributed by atoms with E-state index in [1.165, 1.54) is 0 Å². The second-order valence-electron chi connectivity index (χ2n) is 4.51. The fourth-order valence-corrected chi connectivity index (χ4v) is 2.37. The van der Waals surface area contributed by atoms with Gasteiger partial charge in [0.1, 0.15) is 0 Å². The van der Waals surface area contributed by atoms with Gasteiger partial charge in [-0.1, -0.05) is 32.0 Å². The van der Waals surface area contributed by atoms with Crippen molar-refractivity contribution in [2.45, 2.75) is 26.3 Å². The Morgan fingerprint density at radius 1 is 1.32 bits per heavy atom. The maximum absolute atomic E-state index is 11.7. The minimum absolute atomic E-state index is 0.217. The van der Waals surface area contributed by atoms with E-state index in [0.717, 1.165) is 16.4 Å². The Morgan fingerprint density at radius 3 is 2.68 bits per heavy atom. The number of carbonyl (C=O) groups is 1. The van der Waals surface area contributed by atoms with Crippen LogP contribution in [0.5, 0.6) is 0 Å². The highest BCUT2D eigenvalue weighted by molar-refractivity contribution is 7.09. The highest BCUT2D eigenvalue weighted by Gasteiger charge is 2.07. The van der Waals surface area contributed by atoms with Gasteiger partial charge in [0.25, 0.3) is 0 Å². The third-order valence-corrected chi connectivity index (χ3v) is 3.72. The Labute approximate surface area is 116 Å². The first-order valence-electron chi connectivity index (χ1n) is 6.19. The number of nitrogens with one attached hydrogen (secondary N) is 2. The number of nitrogens with zero attached hydrogens (tertiary/aromatic N) is 1. The lowest BCUT2D eigenvalue weighted by Gasteiger charge is -2.06. The van der Waals surface area contributed by atoms with E-state index in [0.29, 0.717) is 12.5 Å². The topological polar surface area (TPSA) is 54.0 Å². The second-order valence-corrected chi connectivity index (χ2v) is 5.40. The van der Waals surface area contributed by atoms with Crippen molar-refractivity contribution in [3.05, 3.63) is 46.4 Å². The van der Waals surface area contributed by atoms with Crippen LogP contribution in [0.1, 0.15) is 30.5 Å². The van der Waals surface area contributed by atoms with Crippen molar-refractivity contribution in [1.82, 2.24) is 10.3 Å². The normalized spacial score (nSPS) is 10.5. The summed E-state index contributed by atoms with van der Waals surface area (Å²) in [7, 11) is 0. The fourth-order valence-electron chi connectivity index (χ4n) is 1.54. The predicted molar refractivity (Wildman–Crippen MR) is 78.5 cm³/mol. The van der Waals surface area contributed by atoms with Gasteiger partial charge in [-0.2, -0.15) is 0 Å². The molecule has 0 aliphatic rings. The van der Waals surface area contributed by atoms with Gasteiger partial charge >= 0.3 is 6.03 Å². The molecule has 0 unspecified atom stereocenters. The molecule has 0 spiro atoms. The number of amides is 2. The number of urea groups is 1. The first kappa shape index (κ1) is 13.5. The van der Waals surface area contributed by atoms with E-state index in [1.54, 1.807) is 11.3 Å². The number of para-hydroxylation sites is 1. The Kier molecular flexibility index (Phi) is 4.52. The summed E-state index contributed by atoms with van der Waals surface area (Å²) < 4.78 is 0. The average molecular weight is 275 g/mol. The minimum Gasteiger partial charge on any atom is -0.332 e. The molecule has 4 nitrogen and oxygen atoms in total. The van der Waals surface area contributed by atoms with Gasteiger partial charge in [0.05, 0.1) is 17.2 Å². The van der Waals surface area contributed by atoms with Crippen LogP contribution in [0.2, 0.25) is 0 Å². The molecule has 1 heterocycles. The second kappa shape index (κ2) is 6.33. The zero-order valence-electron chi connectivity index (χ0n) is 11.0. The molecule has 0 atom stereocenters. The summed E-state index contributed by atoms with van der Waals surface area (Å²) in [5, 5.41) is 8.64. The predicted octanol–water partition coefficient (Wildman–Crippen LogP) is 3.59. The molecular formula is C14H17N3OS. The van der Waals surface area contributed by atoms with Crippen molar-refractivity contribution >= 4 is 23.1 Å². The van der Waals surface area contributed by atoms with E-state index in [-0.39, 0.29) is 6.03 Å². The smallest absolute Gasteiger partial charge is 0.319 e. The van der Waals surface area contributed by atoms with Crippen LogP contribution in [0.3, 0.4) is 0 Å². The SMILES string of the molecule is CC(C)c1nc(CNC(=O)Nc2ccccc2)cs1. The Hall–Kier alpha value is -1.88. The Balaban J connectivity index is 1.83. The van der Waals surface area contributed by atoms with Crippen molar-refractivity contribution in [2.24, 2.45) is 0 Å². The van der Waals surface area contributed by atoms with Crippen molar-refractivity contribution in [2.75, 3.05) is 5.32 Å². The number of hydrogen-bond acceptors (Lipinski definition) is 3. The van der Waals surface area contributed by atoms with Crippen molar-refractivity contribution in [3.63, 3.8) is 0 Å². The quantitative estimate of drug-likeness (QED) is 0.896. The lowest BCUT2D eigenvalue weighted by atomic mass is 10.2. The average Bonchev–Trinajstić information content (AvgIpc) is 2.86. The molecule has 0 fully saturated rings. The molecule has 1 aromatic carbocycles. The van der Waals surface area contributed by atoms with Crippen LogP contribution in [-0.4, -0.2) is 11.0 Å². The van der Waals surface area contributed by atoms with Gasteiger partial charge < -0.3 is 10.6 Å². The van der Waals surface area contributed by atoms with Gasteiger partial charge in [-0.15, -0.1) is 11.3 Å². The zero-order valence-corrected chi connectivity index (χ0v) is 11.8. The lowest BCUT2D eigenvalue weighted by Crippen LogP contribution is -2.28. The molecule has 2 N–H and O–H groups in total. The number of rotatable bonds is 4. The fraction of sp³-hybridized carbons (Fsp3) is 0.286. The van der Waals surface area contributed by atoms with E-state index in [2.05, 4.69) is 29.5 Å². The van der Waals surface area contributed by atoms with Gasteiger partial charge in [0, 0.05) is 17.0 Å². The maximum atomic E-state index is 11.7. The minimum atomic E-state index is -0.217. The van der Waals surface area contributed by atoms with E-state index < -0.39 is 0 Å². The van der Waals surface area contributed by atoms with Crippen LogP contribution in [-0.2, 0) is 6.54 Å². The van der Waals surface area contributed by atoms with Gasteiger partial charge in [-0.25, -0.2) is 9.78 Å². The summed E-state index contributed by atoms with van der Waals surface area (Å²) in [4.78, 5) is 16.1. The molecule has 19 heavy (non-hydrogen) atoms. The largest absolute Gasteiger partial charge is 0.332 e. The lowest BCUT2D eigenvalue weighted by molar-refractivity contribution is 0.251. The molecule has 0 aliphatic heterocycles. The van der Waals surface area contributed by atoms with Crippen LogP contribution >= 0.6 is 11.3 Å². The molecule has 2 rings (SSSR count). The van der Waals surface area contributed by atoms with Crippen LogP contribution in [0.4, 0.5) is 10.5 Å². The third-order valence-electron chi connectivity index (χ3n) is 2.53. The molecule has 100 valence electrons. The molecule has 5 heteroatoms. The number of hydrogen-bond donors (Lipinski definition) is 2. The summed E-state index contributed by atoms with van der Waals surface area (Å²) in [5.41, 5.74) is 1.68. The number of carbonyl (C=O) groups excluding carboxylic acids is 1. The molecule has 0 saturated heterocycles. The monoisotopic (exact) mass is 275 g/mol. The van der Waals surface area contributed by atoms with Gasteiger partial charge in [-0.05, 0) is 12.1 Å². The number of thiazole rings is 1. The summed E-state index contributed by atoms with van der Waals surface area (Å²) in [5.74, 6) is 0.428. The highest BCUT2D eigenvalue weighted by atomic mass is 32.1. The Bertz CT molecular complexity index is 537. The van der Waals surface area contributed by atoms with Crippen LogP contribution in [0, 0.1) is 0 Å². The third kappa shape index (κ3) is 4.06.